The monoisotopic (exact) mass is 292 g/mol. The van der Waals surface area contributed by atoms with Gasteiger partial charge in [-0.05, 0) is 31.3 Å². The van der Waals surface area contributed by atoms with Gasteiger partial charge in [-0.15, -0.1) is 15.3 Å². The standard InChI is InChI=1S/C12H16N6OS/c1-3-9-11(20-17-15-9)12(19)13-8-4-5-10-16-14-7(2)18(10)6-8/h8H,3-6H2,1-2H3,(H,13,19)/t8-/m1/s1. The fourth-order valence-electron chi connectivity index (χ4n) is 2.44. The van der Waals surface area contributed by atoms with E-state index in [1.54, 1.807) is 0 Å². The van der Waals surface area contributed by atoms with Gasteiger partial charge >= 0.3 is 0 Å². The van der Waals surface area contributed by atoms with E-state index < -0.39 is 0 Å². The van der Waals surface area contributed by atoms with Crippen molar-refractivity contribution in [1.82, 2.24) is 29.7 Å². The van der Waals surface area contributed by atoms with Crippen LogP contribution in [0.5, 0.6) is 0 Å². The number of carbonyl (C=O) groups is 1. The fraction of sp³-hybridized carbons (Fsp3) is 0.583. The van der Waals surface area contributed by atoms with E-state index in [0.717, 1.165) is 54.7 Å². The van der Waals surface area contributed by atoms with Crippen molar-refractivity contribution in [1.29, 1.82) is 0 Å². The highest BCUT2D eigenvalue weighted by Crippen LogP contribution is 2.16. The lowest BCUT2D eigenvalue weighted by Gasteiger charge is -2.24. The molecule has 20 heavy (non-hydrogen) atoms. The summed E-state index contributed by atoms with van der Waals surface area (Å²) in [6.45, 7) is 4.64. The molecule has 0 unspecified atom stereocenters. The molecule has 1 N–H and O–H groups in total. The lowest BCUT2D eigenvalue weighted by Crippen LogP contribution is -2.41. The molecule has 7 nitrogen and oxygen atoms in total. The molecule has 0 saturated heterocycles. The number of hydrogen-bond donors (Lipinski definition) is 1. The molecule has 106 valence electrons. The molecule has 1 amide bonds. The van der Waals surface area contributed by atoms with Crippen molar-refractivity contribution in [2.24, 2.45) is 0 Å². The fourth-order valence-corrected chi connectivity index (χ4v) is 3.10. The Kier molecular flexibility index (Phi) is 3.47. The van der Waals surface area contributed by atoms with Crippen molar-refractivity contribution in [3.8, 4) is 0 Å². The highest BCUT2D eigenvalue weighted by atomic mass is 32.1. The third-order valence-electron chi connectivity index (χ3n) is 3.56. The van der Waals surface area contributed by atoms with Crippen molar-refractivity contribution in [2.75, 3.05) is 0 Å². The molecule has 3 heterocycles. The predicted octanol–water partition coefficient (Wildman–Crippen LogP) is 0.745. The largest absolute Gasteiger partial charge is 0.347 e. The smallest absolute Gasteiger partial charge is 0.265 e. The number of aromatic nitrogens is 5. The van der Waals surface area contributed by atoms with Crippen LogP contribution >= 0.6 is 11.5 Å². The molecule has 0 aromatic carbocycles. The van der Waals surface area contributed by atoms with E-state index in [1.807, 2.05) is 13.8 Å². The Morgan fingerprint density at radius 3 is 3.10 bits per heavy atom. The van der Waals surface area contributed by atoms with Gasteiger partial charge < -0.3 is 9.88 Å². The van der Waals surface area contributed by atoms with Crippen molar-refractivity contribution >= 4 is 17.4 Å². The average molecular weight is 292 g/mol. The molecule has 8 heteroatoms. The second kappa shape index (κ2) is 5.28. The number of amides is 1. The first-order valence-corrected chi connectivity index (χ1v) is 7.47. The number of fused-ring (bicyclic) bond motifs is 1. The normalized spacial score (nSPS) is 17.8. The van der Waals surface area contributed by atoms with E-state index in [2.05, 4.69) is 29.7 Å². The number of carbonyl (C=O) groups excluding carboxylic acids is 1. The van der Waals surface area contributed by atoms with Crippen molar-refractivity contribution in [3.05, 3.63) is 22.2 Å². The SMILES string of the molecule is CCc1nnsc1C(=O)N[C@@H]1CCc2nnc(C)n2C1. The summed E-state index contributed by atoms with van der Waals surface area (Å²) < 4.78 is 5.92. The van der Waals surface area contributed by atoms with Gasteiger partial charge in [0.15, 0.2) is 0 Å². The zero-order valence-corrected chi connectivity index (χ0v) is 12.3. The second-order valence-electron chi connectivity index (χ2n) is 4.89. The van der Waals surface area contributed by atoms with Crippen LogP contribution in [0.2, 0.25) is 0 Å². The van der Waals surface area contributed by atoms with E-state index in [4.69, 9.17) is 0 Å². The molecule has 1 aliphatic rings. The molecule has 0 radical (unpaired) electrons. The molecule has 0 spiro atoms. The first-order chi connectivity index (χ1) is 9.69. The molecule has 0 bridgehead atoms. The van der Waals surface area contributed by atoms with Gasteiger partial charge in [-0.2, -0.15) is 0 Å². The topological polar surface area (TPSA) is 85.6 Å². The van der Waals surface area contributed by atoms with Crippen LogP contribution in [0.4, 0.5) is 0 Å². The van der Waals surface area contributed by atoms with Crippen molar-refractivity contribution in [3.63, 3.8) is 0 Å². The maximum atomic E-state index is 12.3. The van der Waals surface area contributed by atoms with Gasteiger partial charge in [-0.25, -0.2) is 0 Å². The van der Waals surface area contributed by atoms with Crippen LogP contribution in [-0.2, 0) is 19.4 Å². The summed E-state index contributed by atoms with van der Waals surface area (Å²) in [6.07, 6.45) is 2.45. The molecule has 2 aromatic heterocycles. The lowest BCUT2D eigenvalue weighted by atomic mass is 10.1. The quantitative estimate of drug-likeness (QED) is 0.902. The Balaban J connectivity index is 1.70. The maximum absolute atomic E-state index is 12.3. The number of nitrogens with zero attached hydrogens (tertiary/aromatic N) is 5. The van der Waals surface area contributed by atoms with Crippen LogP contribution in [0.3, 0.4) is 0 Å². The van der Waals surface area contributed by atoms with E-state index in [0.29, 0.717) is 4.88 Å². The summed E-state index contributed by atoms with van der Waals surface area (Å²) in [7, 11) is 0. The van der Waals surface area contributed by atoms with E-state index in [1.165, 1.54) is 0 Å². The van der Waals surface area contributed by atoms with Crippen LogP contribution in [0, 0.1) is 6.92 Å². The zero-order valence-electron chi connectivity index (χ0n) is 11.5. The lowest BCUT2D eigenvalue weighted by molar-refractivity contribution is 0.0930. The molecule has 1 atom stereocenters. The first kappa shape index (κ1) is 13.2. The third kappa shape index (κ3) is 2.31. The van der Waals surface area contributed by atoms with Gasteiger partial charge in [0.25, 0.3) is 5.91 Å². The molecule has 0 saturated carbocycles. The van der Waals surface area contributed by atoms with Crippen LogP contribution in [0.1, 0.15) is 40.4 Å². The van der Waals surface area contributed by atoms with Gasteiger partial charge in [0.2, 0.25) is 0 Å². The van der Waals surface area contributed by atoms with E-state index >= 15 is 0 Å². The number of hydrogen-bond acceptors (Lipinski definition) is 6. The molecule has 2 aromatic rings. The summed E-state index contributed by atoms with van der Waals surface area (Å²) in [5.41, 5.74) is 0.768. The van der Waals surface area contributed by atoms with E-state index in [9.17, 15) is 4.79 Å². The summed E-state index contributed by atoms with van der Waals surface area (Å²) in [6, 6.07) is 0.108. The van der Waals surface area contributed by atoms with Crippen LogP contribution in [-0.4, -0.2) is 36.3 Å². The molecular formula is C12H16N6OS. The molecule has 0 fully saturated rings. The van der Waals surface area contributed by atoms with Gasteiger partial charge in [0, 0.05) is 19.0 Å². The van der Waals surface area contributed by atoms with Gasteiger partial charge in [0.05, 0.1) is 5.69 Å². The maximum Gasteiger partial charge on any atom is 0.265 e. The van der Waals surface area contributed by atoms with Gasteiger partial charge in [-0.3, -0.25) is 4.79 Å². The van der Waals surface area contributed by atoms with Crippen molar-refractivity contribution < 1.29 is 4.79 Å². The Morgan fingerprint density at radius 1 is 1.45 bits per heavy atom. The summed E-state index contributed by atoms with van der Waals surface area (Å²) in [4.78, 5) is 12.9. The molecule has 3 rings (SSSR count). The molecular weight excluding hydrogens is 276 g/mol. The Labute approximate surface area is 120 Å². The minimum absolute atomic E-state index is 0.0731. The first-order valence-electron chi connectivity index (χ1n) is 6.69. The number of rotatable bonds is 3. The molecule has 0 aliphatic carbocycles. The Bertz CT molecular complexity index is 634. The summed E-state index contributed by atoms with van der Waals surface area (Å²) in [5.74, 6) is 1.82. The minimum atomic E-state index is -0.0731. The third-order valence-corrected chi connectivity index (χ3v) is 4.33. The highest BCUT2D eigenvalue weighted by Gasteiger charge is 2.24. The van der Waals surface area contributed by atoms with Crippen LogP contribution < -0.4 is 5.32 Å². The average Bonchev–Trinajstić information content (AvgIpc) is 3.06. The van der Waals surface area contributed by atoms with Crippen molar-refractivity contribution in [2.45, 2.75) is 45.7 Å². The van der Waals surface area contributed by atoms with E-state index in [-0.39, 0.29) is 11.9 Å². The Hall–Kier alpha value is -1.83. The van der Waals surface area contributed by atoms with Gasteiger partial charge in [0.1, 0.15) is 16.5 Å². The Morgan fingerprint density at radius 2 is 2.30 bits per heavy atom. The summed E-state index contributed by atoms with van der Waals surface area (Å²) >= 11 is 1.16. The zero-order chi connectivity index (χ0) is 14.1. The van der Waals surface area contributed by atoms with Gasteiger partial charge in [-0.1, -0.05) is 11.4 Å². The predicted molar refractivity (Wildman–Crippen MR) is 73.6 cm³/mol. The minimum Gasteiger partial charge on any atom is -0.347 e. The highest BCUT2D eigenvalue weighted by molar-refractivity contribution is 7.08. The summed E-state index contributed by atoms with van der Waals surface area (Å²) in [5, 5.41) is 15.2. The second-order valence-corrected chi connectivity index (χ2v) is 5.64. The van der Waals surface area contributed by atoms with Crippen LogP contribution in [0.25, 0.3) is 0 Å². The van der Waals surface area contributed by atoms with Crippen LogP contribution in [0.15, 0.2) is 0 Å². The molecule has 1 aliphatic heterocycles. The number of aryl methyl sites for hydroxylation is 3. The number of nitrogens with one attached hydrogen (secondary N) is 1.